The molecule has 3 nitrogen and oxygen atoms in total. The molecule has 0 saturated carbocycles. The molecule has 1 aliphatic heterocycles. The molecule has 3 heteroatoms. The maximum atomic E-state index is 11.8. The molecule has 0 bridgehead atoms. The number of hydrogen-bond acceptors (Lipinski definition) is 2. The Hall–Kier alpha value is -0.570. The molecule has 0 aromatic carbocycles. The highest BCUT2D eigenvalue weighted by molar-refractivity contribution is 5.76. The van der Waals surface area contributed by atoms with E-state index >= 15 is 0 Å². The number of rotatable bonds is 6. The summed E-state index contributed by atoms with van der Waals surface area (Å²) in [5, 5.41) is 3.30. The molecule has 1 fully saturated rings. The normalized spacial score (nSPS) is 22.2. The molecule has 1 N–H and O–H groups in total. The summed E-state index contributed by atoms with van der Waals surface area (Å²) < 4.78 is 0. The molecular weight excluding hydrogens is 200 g/mol. The van der Waals surface area contributed by atoms with Crippen molar-refractivity contribution >= 4 is 5.91 Å². The van der Waals surface area contributed by atoms with Gasteiger partial charge >= 0.3 is 0 Å². The summed E-state index contributed by atoms with van der Waals surface area (Å²) in [6.07, 6.45) is 5.36. The van der Waals surface area contributed by atoms with Crippen molar-refractivity contribution < 1.29 is 4.79 Å². The summed E-state index contributed by atoms with van der Waals surface area (Å²) in [6, 6.07) is 0. The van der Waals surface area contributed by atoms with Crippen molar-refractivity contribution in [2.75, 3.05) is 26.2 Å². The third-order valence-electron chi connectivity index (χ3n) is 3.54. The summed E-state index contributed by atoms with van der Waals surface area (Å²) in [6.45, 7) is 8.30. The molecule has 0 aromatic rings. The van der Waals surface area contributed by atoms with Crippen LogP contribution in [-0.2, 0) is 4.79 Å². The van der Waals surface area contributed by atoms with Gasteiger partial charge in [0.05, 0.1) is 0 Å². The lowest BCUT2D eigenvalue weighted by Gasteiger charge is -2.20. The molecule has 0 radical (unpaired) electrons. The van der Waals surface area contributed by atoms with Crippen LogP contribution >= 0.6 is 0 Å². The van der Waals surface area contributed by atoms with Crippen LogP contribution in [0.2, 0.25) is 0 Å². The van der Waals surface area contributed by atoms with Crippen molar-refractivity contribution in [2.24, 2.45) is 5.92 Å². The van der Waals surface area contributed by atoms with Crippen molar-refractivity contribution in [1.29, 1.82) is 0 Å². The van der Waals surface area contributed by atoms with Gasteiger partial charge in [-0.2, -0.15) is 0 Å². The van der Waals surface area contributed by atoms with Crippen LogP contribution in [0.3, 0.4) is 0 Å². The van der Waals surface area contributed by atoms with Gasteiger partial charge < -0.3 is 10.2 Å². The molecule has 1 aliphatic rings. The Morgan fingerprint density at radius 2 is 2.19 bits per heavy atom. The fourth-order valence-corrected chi connectivity index (χ4v) is 2.31. The summed E-state index contributed by atoms with van der Waals surface area (Å²) >= 11 is 0. The molecule has 0 aliphatic carbocycles. The summed E-state index contributed by atoms with van der Waals surface area (Å²) in [5.74, 6) is 1.13. The van der Waals surface area contributed by atoms with E-state index in [2.05, 4.69) is 24.1 Å². The zero-order valence-corrected chi connectivity index (χ0v) is 10.8. The third kappa shape index (κ3) is 4.52. The smallest absolute Gasteiger partial charge is 0.222 e. The topological polar surface area (TPSA) is 32.3 Å². The Morgan fingerprint density at radius 1 is 1.38 bits per heavy atom. The minimum atomic E-state index is 0.368. The van der Waals surface area contributed by atoms with Gasteiger partial charge in [0.1, 0.15) is 0 Å². The van der Waals surface area contributed by atoms with Gasteiger partial charge in [-0.15, -0.1) is 0 Å². The van der Waals surface area contributed by atoms with Crippen molar-refractivity contribution in [1.82, 2.24) is 10.2 Å². The van der Waals surface area contributed by atoms with E-state index in [-0.39, 0.29) is 0 Å². The lowest BCUT2D eigenvalue weighted by atomic mass is 9.98. The Balaban J connectivity index is 2.26. The highest BCUT2D eigenvalue weighted by Gasteiger charge is 2.20. The van der Waals surface area contributed by atoms with E-state index in [1.54, 1.807) is 0 Å². The van der Waals surface area contributed by atoms with E-state index in [9.17, 15) is 4.79 Å². The summed E-state index contributed by atoms with van der Waals surface area (Å²) in [7, 11) is 0. The Labute approximate surface area is 99.6 Å². The zero-order chi connectivity index (χ0) is 11.8. The van der Waals surface area contributed by atoms with Gasteiger partial charge in [-0.05, 0) is 38.3 Å². The number of carbonyl (C=O) groups excluding carboxylic acids is 1. The van der Waals surface area contributed by atoms with Crippen LogP contribution in [0.4, 0.5) is 0 Å². The van der Waals surface area contributed by atoms with Gasteiger partial charge in [-0.25, -0.2) is 0 Å². The molecule has 94 valence electrons. The standard InChI is InChI=1S/C13H26N2O/c1-3-12-6-7-13(16)15(11-8-12)10-5-9-14-4-2/h12,14H,3-11H2,1-2H3. The number of hydrogen-bond donors (Lipinski definition) is 1. The van der Waals surface area contributed by atoms with Crippen LogP contribution in [-0.4, -0.2) is 37.0 Å². The van der Waals surface area contributed by atoms with Crippen LogP contribution in [0.5, 0.6) is 0 Å². The molecule has 0 spiro atoms. The molecule has 16 heavy (non-hydrogen) atoms. The van der Waals surface area contributed by atoms with Gasteiger partial charge in [0.15, 0.2) is 0 Å². The number of nitrogens with zero attached hydrogens (tertiary/aromatic N) is 1. The highest BCUT2D eigenvalue weighted by atomic mass is 16.2. The highest BCUT2D eigenvalue weighted by Crippen LogP contribution is 2.20. The van der Waals surface area contributed by atoms with Gasteiger partial charge in [0.25, 0.3) is 0 Å². The molecule has 1 unspecified atom stereocenters. The van der Waals surface area contributed by atoms with Crippen LogP contribution in [0.15, 0.2) is 0 Å². The van der Waals surface area contributed by atoms with Gasteiger partial charge in [-0.1, -0.05) is 20.3 Å². The second-order valence-corrected chi connectivity index (χ2v) is 4.69. The first-order valence-electron chi connectivity index (χ1n) is 6.76. The van der Waals surface area contributed by atoms with Crippen molar-refractivity contribution in [3.8, 4) is 0 Å². The molecule has 1 amide bonds. The Morgan fingerprint density at radius 3 is 2.88 bits per heavy atom. The Bertz CT molecular complexity index is 206. The second kappa shape index (κ2) is 7.66. The van der Waals surface area contributed by atoms with E-state index in [1.165, 1.54) is 12.8 Å². The van der Waals surface area contributed by atoms with Crippen LogP contribution in [0.1, 0.15) is 46.0 Å². The third-order valence-corrected chi connectivity index (χ3v) is 3.54. The molecule has 1 atom stereocenters. The van der Waals surface area contributed by atoms with Gasteiger partial charge in [0.2, 0.25) is 5.91 Å². The quantitative estimate of drug-likeness (QED) is 0.703. The number of likely N-dealkylation sites (tertiary alicyclic amines) is 1. The van der Waals surface area contributed by atoms with Gasteiger partial charge in [0, 0.05) is 19.5 Å². The maximum Gasteiger partial charge on any atom is 0.222 e. The molecule has 1 saturated heterocycles. The summed E-state index contributed by atoms with van der Waals surface area (Å²) in [4.78, 5) is 13.9. The predicted molar refractivity (Wildman–Crippen MR) is 67.4 cm³/mol. The minimum absolute atomic E-state index is 0.368. The number of carbonyl (C=O) groups is 1. The minimum Gasteiger partial charge on any atom is -0.343 e. The van der Waals surface area contributed by atoms with E-state index in [1.807, 2.05) is 0 Å². The van der Waals surface area contributed by atoms with E-state index in [0.717, 1.165) is 51.4 Å². The first-order chi connectivity index (χ1) is 7.77. The van der Waals surface area contributed by atoms with E-state index < -0.39 is 0 Å². The Kier molecular flexibility index (Phi) is 6.46. The fraction of sp³-hybridized carbons (Fsp3) is 0.923. The fourth-order valence-electron chi connectivity index (χ4n) is 2.31. The SMILES string of the molecule is CCNCCCN1CCC(CC)CCC1=O. The summed E-state index contributed by atoms with van der Waals surface area (Å²) in [5.41, 5.74) is 0. The van der Waals surface area contributed by atoms with E-state index in [0.29, 0.717) is 5.91 Å². The molecule has 0 aromatic heterocycles. The monoisotopic (exact) mass is 226 g/mol. The number of nitrogens with one attached hydrogen (secondary N) is 1. The predicted octanol–water partition coefficient (Wildman–Crippen LogP) is 2.02. The van der Waals surface area contributed by atoms with Crippen LogP contribution < -0.4 is 5.32 Å². The van der Waals surface area contributed by atoms with Gasteiger partial charge in [-0.3, -0.25) is 4.79 Å². The van der Waals surface area contributed by atoms with Crippen LogP contribution in [0.25, 0.3) is 0 Å². The maximum absolute atomic E-state index is 11.8. The number of amides is 1. The molecule has 1 heterocycles. The zero-order valence-electron chi connectivity index (χ0n) is 10.8. The lowest BCUT2D eigenvalue weighted by Crippen LogP contribution is -2.33. The lowest BCUT2D eigenvalue weighted by molar-refractivity contribution is -0.130. The second-order valence-electron chi connectivity index (χ2n) is 4.69. The van der Waals surface area contributed by atoms with E-state index in [4.69, 9.17) is 0 Å². The average molecular weight is 226 g/mol. The largest absolute Gasteiger partial charge is 0.343 e. The molecular formula is C13H26N2O. The molecule has 1 rings (SSSR count). The first-order valence-corrected chi connectivity index (χ1v) is 6.76. The first kappa shape index (κ1) is 13.5. The van der Waals surface area contributed by atoms with Crippen molar-refractivity contribution in [3.05, 3.63) is 0 Å². The van der Waals surface area contributed by atoms with Crippen molar-refractivity contribution in [2.45, 2.75) is 46.0 Å². The van der Waals surface area contributed by atoms with Crippen molar-refractivity contribution in [3.63, 3.8) is 0 Å². The van der Waals surface area contributed by atoms with Crippen LogP contribution in [0, 0.1) is 5.92 Å². The average Bonchev–Trinajstić information content (AvgIpc) is 2.47.